The van der Waals surface area contributed by atoms with Crippen LogP contribution < -0.4 is 10.6 Å². The maximum absolute atomic E-state index is 14.0. The lowest BCUT2D eigenvalue weighted by atomic mass is 10.0. The molecule has 8 heteroatoms. The quantitative estimate of drug-likeness (QED) is 0.568. The van der Waals surface area contributed by atoms with E-state index in [4.69, 9.17) is 0 Å². The summed E-state index contributed by atoms with van der Waals surface area (Å²) in [5.41, 5.74) is 1.75. The largest absolute Gasteiger partial charge is 0.387 e. The highest BCUT2D eigenvalue weighted by atomic mass is 19.1. The lowest BCUT2D eigenvalue weighted by Crippen LogP contribution is -2.42. The minimum absolute atomic E-state index is 0.0734. The number of aliphatic hydroxyl groups is 1. The lowest BCUT2D eigenvalue weighted by molar-refractivity contribution is -0.00177. The monoisotopic (exact) mass is 399 g/mol. The number of nitrogens with one attached hydrogen (secondary N) is 2. The second kappa shape index (κ2) is 8.16. The van der Waals surface area contributed by atoms with E-state index >= 15 is 0 Å². The van der Waals surface area contributed by atoms with E-state index in [1.165, 1.54) is 20.0 Å². The molecule has 7 nitrogen and oxygen atoms in total. The molecule has 3 rings (SSSR count). The number of aromatic nitrogens is 3. The van der Waals surface area contributed by atoms with Gasteiger partial charge >= 0.3 is 0 Å². The Kier molecular flexibility index (Phi) is 5.83. The van der Waals surface area contributed by atoms with Crippen LogP contribution in [0.2, 0.25) is 0 Å². The van der Waals surface area contributed by atoms with Gasteiger partial charge in [0, 0.05) is 18.4 Å². The summed E-state index contributed by atoms with van der Waals surface area (Å²) in [4.78, 5) is 17.1. The summed E-state index contributed by atoms with van der Waals surface area (Å²) < 4.78 is 15.8. The van der Waals surface area contributed by atoms with Gasteiger partial charge in [-0.15, -0.1) is 0 Å². The summed E-state index contributed by atoms with van der Waals surface area (Å²) in [6.45, 7) is 6.35. The molecule has 154 valence electrons. The van der Waals surface area contributed by atoms with Crippen LogP contribution in [0.15, 0.2) is 42.7 Å². The number of rotatable bonds is 7. The number of fused-ring (bicyclic) bond motifs is 1. The summed E-state index contributed by atoms with van der Waals surface area (Å²) in [5.74, 6) is -0.461. The Labute approximate surface area is 169 Å². The van der Waals surface area contributed by atoms with Crippen molar-refractivity contribution in [3.05, 3.63) is 48.3 Å². The number of nitrogens with zero attached hydrogens (tertiary/aromatic N) is 3. The van der Waals surface area contributed by atoms with E-state index in [0.717, 1.165) is 11.2 Å². The molecule has 3 aromatic heterocycles. The Morgan fingerprint density at radius 2 is 2.07 bits per heavy atom. The topological polar surface area (TPSA) is 91.5 Å². The number of pyridine rings is 1. The fourth-order valence-corrected chi connectivity index (χ4v) is 2.87. The average Bonchev–Trinajstić information content (AvgIpc) is 3.08. The van der Waals surface area contributed by atoms with Gasteiger partial charge in [-0.2, -0.15) is 5.10 Å². The number of amides is 1. The van der Waals surface area contributed by atoms with Crippen molar-refractivity contribution < 1.29 is 14.3 Å². The molecular formula is C21H26FN5O2. The minimum atomic E-state index is -1.58. The van der Waals surface area contributed by atoms with Crippen molar-refractivity contribution in [3.8, 4) is 11.4 Å². The second-order valence-corrected chi connectivity index (χ2v) is 7.82. The zero-order chi connectivity index (χ0) is 21.2. The van der Waals surface area contributed by atoms with E-state index in [9.17, 15) is 14.3 Å². The van der Waals surface area contributed by atoms with Gasteiger partial charge in [-0.3, -0.25) is 9.78 Å². The molecular weight excluding hydrogens is 373 g/mol. The molecule has 0 aliphatic heterocycles. The van der Waals surface area contributed by atoms with Crippen LogP contribution in [0.1, 0.15) is 38.1 Å². The van der Waals surface area contributed by atoms with Crippen molar-refractivity contribution in [2.24, 2.45) is 0 Å². The van der Waals surface area contributed by atoms with Gasteiger partial charge in [-0.05, 0) is 58.0 Å². The molecule has 0 aliphatic rings. The van der Waals surface area contributed by atoms with Crippen molar-refractivity contribution in [3.63, 3.8) is 0 Å². The molecule has 0 fully saturated rings. The molecule has 3 N–H and O–H groups in total. The van der Waals surface area contributed by atoms with E-state index in [1.54, 1.807) is 16.8 Å². The van der Waals surface area contributed by atoms with Crippen LogP contribution in [0.4, 0.5) is 10.1 Å². The number of hydrogen-bond donors (Lipinski definition) is 3. The first-order valence-corrected chi connectivity index (χ1v) is 9.51. The van der Waals surface area contributed by atoms with E-state index in [0.29, 0.717) is 16.9 Å². The molecule has 0 radical (unpaired) electrons. The fourth-order valence-electron chi connectivity index (χ4n) is 2.87. The number of carbonyl (C=O) groups excluding carboxylic acids is 1. The Morgan fingerprint density at radius 1 is 1.31 bits per heavy atom. The Morgan fingerprint density at radius 3 is 2.76 bits per heavy atom. The van der Waals surface area contributed by atoms with E-state index in [2.05, 4.69) is 20.7 Å². The maximum Gasteiger partial charge on any atom is 0.255 e. The average molecular weight is 399 g/mol. The SMILES string of the molecule is CC(C)Nc1cc(-c2ccc3cccnn23)ncc1C(=O)NCC(F)C(C)(C)O. The predicted octanol–water partition coefficient (Wildman–Crippen LogP) is 3.06. The van der Waals surface area contributed by atoms with Crippen molar-refractivity contribution in [2.45, 2.75) is 45.5 Å². The van der Waals surface area contributed by atoms with Crippen LogP contribution in [0, 0.1) is 0 Å². The van der Waals surface area contributed by atoms with E-state index in [1.807, 2.05) is 38.1 Å². The van der Waals surface area contributed by atoms with Crippen molar-refractivity contribution in [2.75, 3.05) is 11.9 Å². The van der Waals surface area contributed by atoms with Crippen LogP contribution in [0.25, 0.3) is 16.9 Å². The molecule has 0 bridgehead atoms. The third kappa shape index (κ3) is 4.71. The van der Waals surface area contributed by atoms with E-state index < -0.39 is 17.7 Å². The summed E-state index contributed by atoms with van der Waals surface area (Å²) in [5, 5.41) is 19.8. The van der Waals surface area contributed by atoms with Gasteiger partial charge in [0.05, 0.1) is 40.3 Å². The molecule has 1 unspecified atom stereocenters. The highest BCUT2D eigenvalue weighted by molar-refractivity contribution is 6.00. The van der Waals surface area contributed by atoms with Crippen LogP contribution in [-0.2, 0) is 0 Å². The van der Waals surface area contributed by atoms with Gasteiger partial charge in [0.1, 0.15) is 6.17 Å². The molecule has 3 aromatic rings. The summed E-state index contributed by atoms with van der Waals surface area (Å²) in [6, 6.07) is 9.52. The van der Waals surface area contributed by atoms with Gasteiger partial charge in [0.2, 0.25) is 0 Å². The fraction of sp³-hybridized carbons (Fsp3) is 0.381. The Balaban J connectivity index is 1.91. The summed E-state index contributed by atoms with van der Waals surface area (Å²) in [7, 11) is 0. The normalized spacial score (nSPS) is 12.9. The van der Waals surface area contributed by atoms with Gasteiger partial charge in [0.25, 0.3) is 5.91 Å². The third-order valence-electron chi connectivity index (χ3n) is 4.48. The Hall–Kier alpha value is -3.00. The van der Waals surface area contributed by atoms with E-state index in [-0.39, 0.29) is 12.6 Å². The van der Waals surface area contributed by atoms with Crippen molar-refractivity contribution in [1.82, 2.24) is 19.9 Å². The summed E-state index contributed by atoms with van der Waals surface area (Å²) >= 11 is 0. The molecule has 0 spiro atoms. The third-order valence-corrected chi connectivity index (χ3v) is 4.48. The molecule has 1 atom stereocenters. The van der Waals surface area contributed by atoms with Crippen LogP contribution in [0.3, 0.4) is 0 Å². The molecule has 0 saturated heterocycles. The van der Waals surface area contributed by atoms with Crippen LogP contribution in [0.5, 0.6) is 0 Å². The Bertz CT molecular complexity index is 1010. The summed E-state index contributed by atoms with van der Waals surface area (Å²) in [6.07, 6.45) is 1.58. The molecule has 0 aliphatic carbocycles. The van der Waals surface area contributed by atoms with Crippen LogP contribution >= 0.6 is 0 Å². The first kappa shape index (κ1) is 20.7. The van der Waals surface area contributed by atoms with Crippen molar-refractivity contribution >= 4 is 17.1 Å². The first-order chi connectivity index (χ1) is 13.7. The molecule has 0 saturated carbocycles. The number of alkyl halides is 1. The molecule has 29 heavy (non-hydrogen) atoms. The number of carbonyl (C=O) groups is 1. The number of halogens is 1. The van der Waals surface area contributed by atoms with Gasteiger partial charge in [-0.25, -0.2) is 8.91 Å². The highest BCUT2D eigenvalue weighted by Crippen LogP contribution is 2.25. The molecule has 0 aromatic carbocycles. The van der Waals surface area contributed by atoms with Gasteiger partial charge in [0.15, 0.2) is 0 Å². The molecule has 3 heterocycles. The minimum Gasteiger partial charge on any atom is -0.387 e. The number of hydrogen-bond acceptors (Lipinski definition) is 5. The number of anilines is 1. The first-order valence-electron chi connectivity index (χ1n) is 9.51. The highest BCUT2D eigenvalue weighted by Gasteiger charge is 2.27. The van der Waals surface area contributed by atoms with Crippen molar-refractivity contribution in [1.29, 1.82) is 0 Å². The smallest absolute Gasteiger partial charge is 0.255 e. The standard InChI is InChI=1S/C21H26FN5O2/c1-13(2)26-16-10-17(18-8-7-14-6-5-9-25-27(14)18)23-11-15(16)20(28)24-12-19(22)21(3,4)29/h5-11,13,19,29H,12H2,1-4H3,(H,23,26)(H,24,28). The van der Waals surface area contributed by atoms with Gasteiger partial charge in [-0.1, -0.05) is 0 Å². The van der Waals surface area contributed by atoms with Crippen LogP contribution in [-0.4, -0.2) is 50.0 Å². The zero-order valence-electron chi connectivity index (χ0n) is 17.0. The lowest BCUT2D eigenvalue weighted by Gasteiger charge is -2.23. The zero-order valence-corrected chi connectivity index (χ0v) is 17.0. The van der Waals surface area contributed by atoms with Gasteiger partial charge < -0.3 is 15.7 Å². The molecule has 1 amide bonds. The maximum atomic E-state index is 14.0. The predicted molar refractivity (Wildman–Crippen MR) is 111 cm³/mol. The second-order valence-electron chi connectivity index (χ2n) is 7.82.